The summed E-state index contributed by atoms with van der Waals surface area (Å²) in [5, 5.41) is 2.65. The van der Waals surface area contributed by atoms with E-state index in [0.29, 0.717) is 15.2 Å². The molecular formula is C8H10Cl2N2OS. The maximum Gasteiger partial charge on any atom is 0.236 e. The second-order valence-electron chi connectivity index (χ2n) is 2.86. The molecule has 78 valence electrons. The molecule has 1 atom stereocenters. The van der Waals surface area contributed by atoms with Crippen molar-refractivity contribution < 1.29 is 4.79 Å². The normalized spacial score (nSPS) is 12.6. The summed E-state index contributed by atoms with van der Waals surface area (Å²) in [7, 11) is 0. The zero-order chi connectivity index (χ0) is 10.7. The van der Waals surface area contributed by atoms with Gasteiger partial charge in [0.25, 0.3) is 0 Å². The molecule has 1 aromatic heterocycles. The fourth-order valence-corrected chi connectivity index (χ4v) is 2.33. The first-order chi connectivity index (χ1) is 6.50. The summed E-state index contributed by atoms with van der Waals surface area (Å²) in [6, 6.07) is 1.22. The van der Waals surface area contributed by atoms with E-state index in [-0.39, 0.29) is 5.91 Å². The van der Waals surface area contributed by atoms with Crippen molar-refractivity contribution in [2.45, 2.75) is 19.5 Å². The predicted molar refractivity (Wildman–Crippen MR) is 59.8 cm³/mol. The third-order valence-corrected chi connectivity index (χ3v) is 3.16. The highest BCUT2D eigenvalue weighted by atomic mass is 35.5. The zero-order valence-corrected chi connectivity index (χ0v) is 9.84. The molecule has 0 aliphatic rings. The smallest absolute Gasteiger partial charge is 0.236 e. The molecule has 0 saturated heterocycles. The average molecular weight is 253 g/mol. The van der Waals surface area contributed by atoms with Gasteiger partial charge < -0.3 is 11.1 Å². The molecule has 0 saturated carbocycles. The van der Waals surface area contributed by atoms with Crippen molar-refractivity contribution in [3.63, 3.8) is 0 Å². The molecule has 1 aromatic rings. The SMILES string of the molecule is CC(N)C(=O)NCc1cc(Cl)sc1Cl. The number of hydrogen-bond acceptors (Lipinski definition) is 3. The van der Waals surface area contributed by atoms with Gasteiger partial charge in [-0.1, -0.05) is 23.2 Å². The molecule has 0 bridgehead atoms. The Kier molecular flexibility index (Phi) is 4.19. The third-order valence-electron chi connectivity index (χ3n) is 1.59. The number of nitrogens with two attached hydrogens (primary N) is 1. The molecule has 1 heterocycles. The lowest BCUT2D eigenvalue weighted by Crippen LogP contribution is -2.37. The van der Waals surface area contributed by atoms with Crippen molar-refractivity contribution >= 4 is 40.4 Å². The Morgan fingerprint density at radius 3 is 2.79 bits per heavy atom. The van der Waals surface area contributed by atoms with Crippen LogP contribution >= 0.6 is 34.5 Å². The van der Waals surface area contributed by atoms with Gasteiger partial charge in [-0.2, -0.15) is 0 Å². The van der Waals surface area contributed by atoms with Crippen LogP contribution in [0.4, 0.5) is 0 Å². The van der Waals surface area contributed by atoms with E-state index in [2.05, 4.69) is 5.32 Å². The minimum Gasteiger partial charge on any atom is -0.351 e. The van der Waals surface area contributed by atoms with Gasteiger partial charge in [-0.05, 0) is 13.0 Å². The molecule has 0 fully saturated rings. The van der Waals surface area contributed by atoms with Crippen molar-refractivity contribution in [1.82, 2.24) is 5.32 Å². The molecule has 14 heavy (non-hydrogen) atoms. The van der Waals surface area contributed by atoms with Crippen molar-refractivity contribution in [2.24, 2.45) is 5.73 Å². The standard InChI is InChI=1S/C8H10Cl2N2OS/c1-4(11)8(13)12-3-5-2-6(9)14-7(5)10/h2,4H,3,11H2,1H3,(H,12,13). The Bertz CT molecular complexity index is 338. The minimum absolute atomic E-state index is 0.205. The summed E-state index contributed by atoms with van der Waals surface area (Å²) in [6.45, 7) is 1.99. The molecule has 0 aliphatic carbocycles. The van der Waals surface area contributed by atoms with Crippen LogP contribution in [0.5, 0.6) is 0 Å². The van der Waals surface area contributed by atoms with E-state index >= 15 is 0 Å². The molecule has 6 heteroatoms. The van der Waals surface area contributed by atoms with Crippen LogP contribution in [0, 0.1) is 0 Å². The number of nitrogens with one attached hydrogen (secondary N) is 1. The fraction of sp³-hybridized carbons (Fsp3) is 0.375. The molecule has 1 unspecified atom stereocenters. The van der Waals surface area contributed by atoms with Gasteiger partial charge in [-0.3, -0.25) is 4.79 Å². The Morgan fingerprint density at radius 1 is 1.71 bits per heavy atom. The number of rotatable bonds is 3. The lowest BCUT2D eigenvalue weighted by molar-refractivity contribution is -0.122. The predicted octanol–water partition coefficient (Wildman–Crippen LogP) is 2.02. The van der Waals surface area contributed by atoms with E-state index in [1.807, 2.05) is 0 Å². The molecule has 3 N–H and O–H groups in total. The lowest BCUT2D eigenvalue weighted by atomic mass is 10.3. The van der Waals surface area contributed by atoms with Crippen molar-refractivity contribution in [3.8, 4) is 0 Å². The Balaban J connectivity index is 2.54. The summed E-state index contributed by atoms with van der Waals surface area (Å²) in [5.74, 6) is -0.205. The van der Waals surface area contributed by atoms with Crippen LogP contribution in [-0.4, -0.2) is 11.9 Å². The maximum atomic E-state index is 11.1. The summed E-state index contributed by atoms with van der Waals surface area (Å²) < 4.78 is 1.21. The first kappa shape index (κ1) is 11.8. The zero-order valence-electron chi connectivity index (χ0n) is 7.51. The molecule has 1 amide bonds. The second-order valence-corrected chi connectivity index (χ2v) is 5.14. The van der Waals surface area contributed by atoms with E-state index in [9.17, 15) is 4.79 Å². The monoisotopic (exact) mass is 252 g/mol. The van der Waals surface area contributed by atoms with E-state index in [0.717, 1.165) is 5.56 Å². The van der Waals surface area contributed by atoms with Crippen molar-refractivity contribution in [3.05, 3.63) is 20.3 Å². The molecule has 0 aromatic carbocycles. The Labute approximate surface area is 96.2 Å². The number of halogens is 2. The van der Waals surface area contributed by atoms with Gasteiger partial charge in [0.15, 0.2) is 0 Å². The Hall–Kier alpha value is -0.290. The van der Waals surface area contributed by atoms with E-state index in [1.54, 1.807) is 13.0 Å². The molecule has 0 spiro atoms. The van der Waals surface area contributed by atoms with Gasteiger partial charge in [0.05, 0.1) is 14.7 Å². The maximum absolute atomic E-state index is 11.1. The Morgan fingerprint density at radius 2 is 2.36 bits per heavy atom. The second kappa shape index (κ2) is 4.98. The average Bonchev–Trinajstić information content (AvgIpc) is 2.40. The van der Waals surface area contributed by atoms with Gasteiger partial charge in [0, 0.05) is 12.1 Å². The molecule has 0 radical (unpaired) electrons. The summed E-state index contributed by atoms with van der Waals surface area (Å²) >= 11 is 12.9. The number of thiophene rings is 1. The van der Waals surface area contributed by atoms with Gasteiger partial charge in [-0.15, -0.1) is 11.3 Å². The van der Waals surface area contributed by atoms with Gasteiger partial charge in [0.1, 0.15) is 0 Å². The van der Waals surface area contributed by atoms with Crippen LogP contribution in [-0.2, 0) is 11.3 Å². The molecule has 3 nitrogen and oxygen atoms in total. The fourth-order valence-electron chi connectivity index (χ4n) is 0.838. The van der Waals surface area contributed by atoms with Crippen LogP contribution in [0.2, 0.25) is 8.67 Å². The first-order valence-corrected chi connectivity index (χ1v) is 5.55. The van der Waals surface area contributed by atoms with Crippen molar-refractivity contribution in [2.75, 3.05) is 0 Å². The van der Waals surface area contributed by atoms with E-state index < -0.39 is 6.04 Å². The number of carbonyl (C=O) groups is 1. The summed E-state index contributed by atoms with van der Waals surface area (Å²) in [4.78, 5) is 11.1. The van der Waals surface area contributed by atoms with E-state index in [1.165, 1.54) is 11.3 Å². The van der Waals surface area contributed by atoms with Gasteiger partial charge in [-0.25, -0.2) is 0 Å². The molecule has 1 rings (SSSR count). The third kappa shape index (κ3) is 3.13. The van der Waals surface area contributed by atoms with Crippen LogP contribution in [0.3, 0.4) is 0 Å². The highest BCUT2D eigenvalue weighted by Gasteiger charge is 2.09. The number of carbonyl (C=O) groups excluding carboxylic acids is 1. The lowest BCUT2D eigenvalue weighted by Gasteiger charge is -2.06. The van der Waals surface area contributed by atoms with Crippen LogP contribution < -0.4 is 11.1 Å². The highest BCUT2D eigenvalue weighted by molar-refractivity contribution is 7.20. The van der Waals surface area contributed by atoms with Crippen LogP contribution in [0.25, 0.3) is 0 Å². The topological polar surface area (TPSA) is 55.1 Å². The van der Waals surface area contributed by atoms with Crippen LogP contribution in [0.15, 0.2) is 6.07 Å². The number of hydrogen-bond donors (Lipinski definition) is 2. The number of amides is 1. The summed E-state index contributed by atoms with van der Waals surface area (Å²) in [6.07, 6.45) is 0. The first-order valence-electron chi connectivity index (χ1n) is 3.97. The summed E-state index contributed by atoms with van der Waals surface area (Å²) in [5.41, 5.74) is 6.19. The van der Waals surface area contributed by atoms with Crippen LogP contribution in [0.1, 0.15) is 12.5 Å². The quantitative estimate of drug-likeness (QED) is 0.865. The largest absolute Gasteiger partial charge is 0.351 e. The highest BCUT2D eigenvalue weighted by Crippen LogP contribution is 2.30. The molecular weight excluding hydrogens is 243 g/mol. The van der Waals surface area contributed by atoms with Gasteiger partial charge >= 0.3 is 0 Å². The van der Waals surface area contributed by atoms with E-state index in [4.69, 9.17) is 28.9 Å². The van der Waals surface area contributed by atoms with Gasteiger partial charge in [0.2, 0.25) is 5.91 Å². The molecule has 0 aliphatic heterocycles. The minimum atomic E-state index is -0.511. The van der Waals surface area contributed by atoms with Crippen molar-refractivity contribution in [1.29, 1.82) is 0 Å².